The predicted octanol–water partition coefficient (Wildman–Crippen LogP) is -0.478. The van der Waals surface area contributed by atoms with Crippen molar-refractivity contribution in [1.82, 2.24) is 29.3 Å². The average Bonchev–Trinajstić information content (AvgIpc) is 2.86. The summed E-state index contributed by atoms with van der Waals surface area (Å²) in [6.45, 7) is 2.22. The summed E-state index contributed by atoms with van der Waals surface area (Å²) in [6.07, 6.45) is 2.97. The van der Waals surface area contributed by atoms with Gasteiger partial charge in [-0.25, -0.2) is 13.1 Å². The van der Waals surface area contributed by atoms with E-state index in [9.17, 15) is 13.2 Å². The van der Waals surface area contributed by atoms with Crippen molar-refractivity contribution in [1.29, 1.82) is 0 Å². The van der Waals surface area contributed by atoms with Crippen LogP contribution in [-0.2, 0) is 28.4 Å². The van der Waals surface area contributed by atoms with E-state index < -0.39 is 10.0 Å². The van der Waals surface area contributed by atoms with Crippen molar-refractivity contribution in [2.45, 2.75) is 31.7 Å². The summed E-state index contributed by atoms with van der Waals surface area (Å²) in [4.78, 5) is 16.0. The monoisotopic (exact) mass is 372 g/mol. The van der Waals surface area contributed by atoms with Gasteiger partial charge in [0.05, 0.1) is 12.8 Å². The molecule has 1 aromatic heterocycles. The summed E-state index contributed by atoms with van der Waals surface area (Å²) in [6, 6.07) is 0. The highest BCUT2D eigenvalue weighted by Gasteiger charge is 2.27. The van der Waals surface area contributed by atoms with E-state index in [0.717, 1.165) is 37.3 Å². The number of likely N-dealkylation sites (tertiary alicyclic amines) is 1. The van der Waals surface area contributed by atoms with Gasteiger partial charge in [-0.1, -0.05) is 0 Å². The van der Waals surface area contributed by atoms with Crippen LogP contribution in [0.1, 0.15) is 36.8 Å². The SMILES string of the molecule is CN(C)Cc1nnc(C2CCN(C(=O)CCNS(C)(=O)=O)CC2)n1C. The summed E-state index contributed by atoms with van der Waals surface area (Å²) in [5.74, 6) is 2.19. The molecule has 0 radical (unpaired) electrons. The molecule has 0 bridgehead atoms. The van der Waals surface area contributed by atoms with Crippen molar-refractivity contribution in [2.75, 3.05) is 40.0 Å². The standard InChI is InChI=1S/C15H28N6O3S/c1-19(2)11-13-17-18-15(20(13)3)12-6-9-21(10-7-12)14(22)5-8-16-25(4,23)24/h12,16H,5-11H2,1-4H3. The summed E-state index contributed by atoms with van der Waals surface area (Å²) in [5, 5.41) is 8.62. The molecule has 9 nitrogen and oxygen atoms in total. The molecule has 0 saturated carbocycles. The van der Waals surface area contributed by atoms with Crippen molar-refractivity contribution in [2.24, 2.45) is 7.05 Å². The van der Waals surface area contributed by atoms with E-state index in [0.29, 0.717) is 19.0 Å². The summed E-state index contributed by atoms with van der Waals surface area (Å²) in [5.41, 5.74) is 0. The van der Waals surface area contributed by atoms with E-state index in [4.69, 9.17) is 0 Å². The van der Waals surface area contributed by atoms with Gasteiger partial charge < -0.3 is 14.4 Å². The maximum Gasteiger partial charge on any atom is 0.223 e. The molecule has 1 saturated heterocycles. The van der Waals surface area contributed by atoms with Crippen LogP contribution in [0, 0.1) is 0 Å². The molecule has 25 heavy (non-hydrogen) atoms. The Morgan fingerprint density at radius 1 is 1.28 bits per heavy atom. The lowest BCUT2D eigenvalue weighted by molar-refractivity contribution is -0.132. The van der Waals surface area contributed by atoms with E-state index >= 15 is 0 Å². The molecule has 1 fully saturated rings. The molecule has 1 aliphatic heterocycles. The van der Waals surface area contributed by atoms with Gasteiger partial charge in [0.1, 0.15) is 11.6 Å². The van der Waals surface area contributed by atoms with E-state index in [1.165, 1.54) is 0 Å². The van der Waals surface area contributed by atoms with Gasteiger partial charge in [0.2, 0.25) is 15.9 Å². The number of rotatable bonds is 7. The first-order valence-electron chi connectivity index (χ1n) is 8.42. The maximum atomic E-state index is 12.2. The lowest BCUT2D eigenvalue weighted by atomic mass is 9.95. The van der Waals surface area contributed by atoms with Gasteiger partial charge in [-0.05, 0) is 26.9 Å². The van der Waals surface area contributed by atoms with Crippen LogP contribution >= 0.6 is 0 Å². The smallest absolute Gasteiger partial charge is 0.223 e. The van der Waals surface area contributed by atoms with Crippen LogP contribution < -0.4 is 4.72 Å². The third kappa shape index (κ3) is 5.75. The Hall–Kier alpha value is -1.52. The second-order valence-corrected chi connectivity index (χ2v) is 8.68. The molecule has 0 aliphatic carbocycles. The minimum Gasteiger partial charge on any atom is -0.343 e. The number of sulfonamides is 1. The number of hydrogen-bond acceptors (Lipinski definition) is 6. The van der Waals surface area contributed by atoms with Crippen LogP contribution in [-0.4, -0.2) is 78.9 Å². The number of aromatic nitrogens is 3. The van der Waals surface area contributed by atoms with Crippen LogP contribution in [0.2, 0.25) is 0 Å². The second kappa shape index (κ2) is 8.24. The molecule has 2 heterocycles. The molecular weight excluding hydrogens is 344 g/mol. The average molecular weight is 372 g/mol. The number of carbonyl (C=O) groups excluding carboxylic acids is 1. The van der Waals surface area contributed by atoms with Gasteiger partial charge in [0.15, 0.2) is 0 Å². The van der Waals surface area contributed by atoms with E-state index in [2.05, 4.69) is 24.4 Å². The Morgan fingerprint density at radius 3 is 2.48 bits per heavy atom. The fourth-order valence-corrected chi connectivity index (χ4v) is 3.51. The van der Waals surface area contributed by atoms with Crippen molar-refractivity contribution in [3.8, 4) is 0 Å². The lowest BCUT2D eigenvalue weighted by Gasteiger charge is -2.31. The third-order valence-electron chi connectivity index (χ3n) is 4.37. The summed E-state index contributed by atoms with van der Waals surface area (Å²) >= 11 is 0. The quantitative estimate of drug-likeness (QED) is 0.694. The zero-order chi connectivity index (χ0) is 18.6. The Bertz CT molecular complexity index is 692. The highest BCUT2D eigenvalue weighted by Crippen LogP contribution is 2.27. The Morgan fingerprint density at radius 2 is 1.92 bits per heavy atom. The predicted molar refractivity (Wildman–Crippen MR) is 94.4 cm³/mol. The van der Waals surface area contributed by atoms with Crippen molar-refractivity contribution in [3.05, 3.63) is 11.6 Å². The van der Waals surface area contributed by atoms with Crippen molar-refractivity contribution >= 4 is 15.9 Å². The van der Waals surface area contributed by atoms with E-state index in [1.54, 1.807) is 4.90 Å². The summed E-state index contributed by atoms with van der Waals surface area (Å²) < 4.78 is 26.5. The zero-order valence-electron chi connectivity index (χ0n) is 15.4. The minimum atomic E-state index is -3.25. The lowest BCUT2D eigenvalue weighted by Crippen LogP contribution is -2.39. The van der Waals surface area contributed by atoms with Crippen molar-refractivity contribution < 1.29 is 13.2 Å². The minimum absolute atomic E-state index is 0.0131. The van der Waals surface area contributed by atoms with Gasteiger partial charge in [0, 0.05) is 39.0 Å². The molecule has 0 aromatic carbocycles. The molecule has 0 atom stereocenters. The molecule has 0 spiro atoms. The molecular formula is C15H28N6O3S. The van der Waals surface area contributed by atoms with Crippen LogP contribution in [0.4, 0.5) is 0 Å². The van der Waals surface area contributed by atoms with E-state index in [1.807, 2.05) is 21.1 Å². The molecule has 2 rings (SSSR count). The van der Waals surface area contributed by atoms with Gasteiger partial charge in [-0.3, -0.25) is 4.79 Å². The van der Waals surface area contributed by atoms with Crippen LogP contribution in [0.25, 0.3) is 0 Å². The topological polar surface area (TPSA) is 100 Å². The highest BCUT2D eigenvalue weighted by atomic mass is 32.2. The second-order valence-electron chi connectivity index (χ2n) is 6.84. The number of hydrogen-bond donors (Lipinski definition) is 1. The molecule has 1 aromatic rings. The fourth-order valence-electron chi connectivity index (χ4n) is 3.04. The Balaban J connectivity index is 1.85. The molecule has 1 amide bonds. The number of piperidine rings is 1. The van der Waals surface area contributed by atoms with E-state index in [-0.39, 0.29) is 18.9 Å². The highest BCUT2D eigenvalue weighted by molar-refractivity contribution is 7.88. The van der Waals surface area contributed by atoms with Gasteiger partial charge >= 0.3 is 0 Å². The largest absolute Gasteiger partial charge is 0.343 e. The Kier molecular flexibility index (Phi) is 6.53. The zero-order valence-corrected chi connectivity index (χ0v) is 16.2. The Labute approximate surface area is 149 Å². The van der Waals surface area contributed by atoms with Crippen LogP contribution in [0.3, 0.4) is 0 Å². The van der Waals surface area contributed by atoms with Crippen molar-refractivity contribution in [3.63, 3.8) is 0 Å². The van der Waals surface area contributed by atoms with Crippen LogP contribution in [0.15, 0.2) is 0 Å². The van der Waals surface area contributed by atoms with Gasteiger partial charge in [-0.15, -0.1) is 10.2 Å². The number of nitrogens with zero attached hydrogens (tertiary/aromatic N) is 5. The normalized spacial score (nSPS) is 16.6. The molecule has 1 aliphatic rings. The molecule has 10 heteroatoms. The number of nitrogens with one attached hydrogen (secondary N) is 1. The first-order valence-corrected chi connectivity index (χ1v) is 10.3. The number of carbonyl (C=O) groups is 1. The molecule has 1 N–H and O–H groups in total. The molecule has 142 valence electrons. The summed E-state index contributed by atoms with van der Waals surface area (Å²) in [7, 11) is 2.73. The van der Waals surface area contributed by atoms with Gasteiger partial charge in [-0.2, -0.15) is 0 Å². The first kappa shape index (κ1) is 19.8. The molecule has 0 unspecified atom stereocenters. The first-order chi connectivity index (χ1) is 11.7. The maximum absolute atomic E-state index is 12.2. The fraction of sp³-hybridized carbons (Fsp3) is 0.800. The third-order valence-corrected chi connectivity index (χ3v) is 5.10. The number of amides is 1. The van der Waals surface area contributed by atoms with Crippen LogP contribution in [0.5, 0.6) is 0 Å². The van der Waals surface area contributed by atoms with Gasteiger partial charge in [0.25, 0.3) is 0 Å².